The molecule has 148 valence electrons. The van der Waals surface area contributed by atoms with Crippen LogP contribution >= 0.6 is 15.9 Å². The van der Waals surface area contributed by atoms with Crippen molar-refractivity contribution in [1.29, 1.82) is 0 Å². The van der Waals surface area contributed by atoms with Gasteiger partial charge in [0.25, 0.3) is 0 Å². The van der Waals surface area contributed by atoms with Gasteiger partial charge in [0.15, 0.2) is 5.78 Å². The van der Waals surface area contributed by atoms with Crippen molar-refractivity contribution in [2.45, 2.75) is 19.4 Å². The fourth-order valence-corrected chi connectivity index (χ4v) is 3.38. The number of pyridine rings is 1. The molecule has 0 radical (unpaired) electrons. The molecule has 1 aromatic heterocycles. The number of halogens is 2. The minimum absolute atomic E-state index is 0.0144. The van der Waals surface area contributed by atoms with E-state index in [1.807, 2.05) is 6.07 Å². The summed E-state index contributed by atoms with van der Waals surface area (Å²) in [5.41, 5.74) is 1.02. The highest BCUT2D eigenvalue weighted by Gasteiger charge is 2.25. The Morgan fingerprint density at radius 3 is 2.93 bits per heavy atom. The summed E-state index contributed by atoms with van der Waals surface area (Å²) in [4.78, 5) is 30.1. The van der Waals surface area contributed by atoms with Crippen LogP contribution in [0, 0.1) is 5.82 Å². The van der Waals surface area contributed by atoms with Crippen molar-refractivity contribution < 1.29 is 23.5 Å². The van der Waals surface area contributed by atoms with Gasteiger partial charge in [0.05, 0.1) is 25.1 Å². The average Bonchev–Trinajstić information content (AvgIpc) is 2.67. The molecule has 1 fully saturated rings. The van der Waals surface area contributed by atoms with Crippen LogP contribution in [0.2, 0.25) is 0 Å². The summed E-state index contributed by atoms with van der Waals surface area (Å²) in [6.07, 6.45) is 3.26. The Kier molecular flexibility index (Phi) is 6.74. The number of benzene rings is 1. The van der Waals surface area contributed by atoms with Crippen LogP contribution in [0.4, 0.5) is 4.39 Å². The van der Waals surface area contributed by atoms with Crippen LogP contribution in [0.25, 0.3) is 0 Å². The molecule has 0 aliphatic carbocycles. The van der Waals surface area contributed by atoms with E-state index in [0.717, 1.165) is 16.1 Å². The predicted octanol–water partition coefficient (Wildman–Crippen LogP) is 3.03. The van der Waals surface area contributed by atoms with Crippen molar-refractivity contribution in [3.63, 3.8) is 0 Å². The van der Waals surface area contributed by atoms with E-state index in [0.29, 0.717) is 25.4 Å². The lowest BCUT2D eigenvalue weighted by molar-refractivity contribution is -0.139. The zero-order valence-electron chi connectivity index (χ0n) is 15.4. The quantitative estimate of drug-likeness (QED) is 0.632. The van der Waals surface area contributed by atoms with Crippen LogP contribution < -0.4 is 4.74 Å². The fraction of sp³-hybridized carbons (Fsp3) is 0.350. The summed E-state index contributed by atoms with van der Waals surface area (Å²) in [5.74, 6) is -0.482. The number of ether oxygens (including phenoxy) is 2. The molecule has 1 aliphatic rings. The summed E-state index contributed by atoms with van der Waals surface area (Å²) in [6, 6.07) is 5.69. The van der Waals surface area contributed by atoms with Crippen LogP contribution in [-0.2, 0) is 16.0 Å². The van der Waals surface area contributed by atoms with E-state index in [1.54, 1.807) is 17.3 Å². The van der Waals surface area contributed by atoms with E-state index < -0.39 is 5.82 Å². The first-order valence-corrected chi connectivity index (χ1v) is 9.64. The molecule has 6 nitrogen and oxygen atoms in total. The lowest BCUT2D eigenvalue weighted by atomic mass is 10.1. The van der Waals surface area contributed by atoms with Gasteiger partial charge in [-0.05, 0) is 52.7 Å². The van der Waals surface area contributed by atoms with Crippen molar-refractivity contribution in [3.05, 3.63) is 58.1 Å². The van der Waals surface area contributed by atoms with Gasteiger partial charge in [-0.25, -0.2) is 4.39 Å². The Morgan fingerprint density at radius 2 is 2.18 bits per heavy atom. The number of nitrogens with zero attached hydrogens (tertiary/aromatic N) is 2. The monoisotopic (exact) mass is 450 g/mol. The smallest absolute Gasteiger partial charge is 0.227 e. The largest absolute Gasteiger partial charge is 0.490 e. The average molecular weight is 451 g/mol. The first kappa shape index (κ1) is 20.4. The molecule has 2 heterocycles. The maximum absolute atomic E-state index is 13.4. The molecule has 28 heavy (non-hydrogen) atoms. The molecule has 0 spiro atoms. The highest BCUT2D eigenvalue weighted by atomic mass is 79.9. The standard InChI is InChI=1S/C20H20BrFN2O4/c1-13(25)18-8-16(22)2-3-19(18)28-12-17-11-24(4-5-27-17)20(26)7-14-6-15(21)10-23-9-14/h2-3,6,8-10,17H,4-5,7,11-12H2,1H3. The van der Waals surface area contributed by atoms with Gasteiger partial charge in [0.2, 0.25) is 5.91 Å². The van der Waals surface area contributed by atoms with E-state index in [-0.39, 0.29) is 36.4 Å². The first-order valence-electron chi connectivity index (χ1n) is 8.84. The zero-order valence-corrected chi connectivity index (χ0v) is 16.9. The predicted molar refractivity (Wildman–Crippen MR) is 104 cm³/mol. The number of hydrogen-bond donors (Lipinski definition) is 0. The molecule has 1 atom stereocenters. The lowest BCUT2D eigenvalue weighted by Crippen LogP contribution is -2.48. The van der Waals surface area contributed by atoms with Gasteiger partial charge >= 0.3 is 0 Å². The van der Waals surface area contributed by atoms with Gasteiger partial charge < -0.3 is 14.4 Å². The second kappa shape index (κ2) is 9.25. The van der Waals surface area contributed by atoms with Gasteiger partial charge in [-0.15, -0.1) is 0 Å². The van der Waals surface area contributed by atoms with Gasteiger partial charge in [-0.3, -0.25) is 14.6 Å². The molecular formula is C20H20BrFN2O4. The van der Waals surface area contributed by atoms with Crippen LogP contribution in [0.5, 0.6) is 5.75 Å². The minimum Gasteiger partial charge on any atom is -0.490 e. The van der Waals surface area contributed by atoms with E-state index >= 15 is 0 Å². The Balaban J connectivity index is 1.58. The molecule has 1 unspecified atom stereocenters. The normalized spacial score (nSPS) is 16.7. The Hall–Kier alpha value is -2.32. The van der Waals surface area contributed by atoms with Crippen molar-refractivity contribution in [2.24, 2.45) is 0 Å². The molecule has 8 heteroatoms. The van der Waals surface area contributed by atoms with Gasteiger partial charge in [0.1, 0.15) is 24.3 Å². The Morgan fingerprint density at radius 1 is 1.36 bits per heavy atom. The number of hydrogen-bond acceptors (Lipinski definition) is 5. The van der Waals surface area contributed by atoms with Crippen molar-refractivity contribution in [2.75, 3.05) is 26.3 Å². The summed E-state index contributed by atoms with van der Waals surface area (Å²) in [7, 11) is 0. The Bertz CT molecular complexity index is 877. The van der Waals surface area contributed by atoms with Crippen molar-refractivity contribution in [3.8, 4) is 5.75 Å². The number of morpholine rings is 1. The van der Waals surface area contributed by atoms with Gasteiger partial charge in [-0.1, -0.05) is 0 Å². The number of carbonyl (C=O) groups is 2. The SMILES string of the molecule is CC(=O)c1cc(F)ccc1OCC1CN(C(=O)Cc2cncc(Br)c2)CCO1. The van der Waals surface area contributed by atoms with E-state index in [1.165, 1.54) is 19.1 Å². The molecule has 1 amide bonds. The number of aromatic nitrogens is 1. The molecule has 3 rings (SSSR count). The molecule has 1 saturated heterocycles. The molecule has 0 saturated carbocycles. The lowest BCUT2D eigenvalue weighted by Gasteiger charge is -2.33. The van der Waals surface area contributed by atoms with E-state index in [9.17, 15) is 14.0 Å². The van der Waals surface area contributed by atoms with Crippen molar-refractivity contribution in [1.82, 2.24) is 9.88 Å². The highest BCUT2D eigenvalue weighted by Crippen LogP contribution is 2.21. The third-order valence-corrected chi connectivity index (χ3v) is 4.79. The highest BCUT2D eigenvalue weighted by molar-refractivity contribution is 9.10. The molecule has 0 bridgehead atoms. The molecular weight excluding hydrogens is 431 g/mol. The third-order valence-electron chi connectivity index (χ3n) is 4.35. The maximum Gasteiger partial charge on any atom is 0.227 e. The van der Waals surface area contributed by atoms with E-state index in [4.69, 9.17) is 9.47 Å². The second-order valence-electron chi connectivity index (χ2n) is 6.53. The molecule has 0 N–H and O–H groups in total. The summed E-state index contributed by atoms with van der Waals surface area (Å²) in [6.45, 7) is 2.81. The number of Topliss-reactive ketones (excluding diaryl/α,β-unsaturated/α-hetero) is 1. The van der Waals surface area contributed by atoms with Gasteiger partial charge in [-0.2, -0.15) is 0 Å². The minimum atomic E-state index is -0.495. The number of rotatable bonds is 6. The maximum atomic E-state index is 13.4. The third kappa shape index (κ3) is 5.36. The van der Waals surface area contributed by atoms with E-state index in [2.05, 4.69) is 20.9 Å². The fourth-order valence-electron chi connectivity index (χ4n) is 2.97. The molecule has 1 aliphatic heterocycles. The number of amides is 1. The van der Waals surface area contributed by atoms with Gasteiger partial charge in [0, 0.05) is 23.4 Å². The summed E-state index contributed by atoms with van der Waals surface area (Å²) < 4.78 is 25.6. The topological polar surface area (TPSA) is 68.7 Å². The van der Waals surface area contributed by atoms with Crippen LogP contribution in [0.15, 0.2) is 41.1 Å². The molecule has 2 aromatic rings. The second-order valence-corrected chi connectivity index (χ2v) is 7.44. The number of ketones is 1. The first-order chi connectivity index (χ1) is 13.4. The summed E-state index contributed by atoms with van der Waals surface area (Å²) >= 11 is 3.35. The van der Waals surface area contributed by atoms with Crippen molar-refractivity contribution >= 4 is 27.6 Å². The molecule has 1 aromatic carbocycles. The number of carbonyl (C=O) groups excluding carboxylic acids is 2. The Labute approximate surface area is 170 Å². The van der Waals surface area contributed by atoms with Crippen LogP contribution in [0.1, 0.15) is 22.8 Å². The van der Waals surface area contributed by atoms with Crippen LogP contribution in [0.3, 0.4) is 0 Å². The zero-order chi connectivity index (χ0) is 20.1. The summed E-state index contributed by atoms with van der Waals surface area (Å²) in [5, 5.41) is 0. The van der Waals surface area contributed by atoms with Crippen LogP contribution in [-0.4, -0.2) is 54.0 Å².